The fourth-order valence-corrected chi connectivity index (χ4v) is 4.35. The number of nitrogens with zero attached hydrogens (tertiary/aromatic N) is 1. The highest BCUT2D eigenvalue weighted by Gasteiger charge is 2.45. The van der Waals surface area contributed by atoms with Crippen molar-refractivity contribution in [1.82, 2.24) is 20.9 Å². The number of Topliss-reactive ketones (excluding diaryl/α,β-unsaturated/α-hetero) is 1. The number of carbonyl (C=O) groups is 5. The first kappa shape index (κ1) is 30.4. The minimum atomic E-state index is -3.12. The summed E-state index contributed by atoms with van der Waals surface area (Å²) in [5.41, 5.74) is -1.19. The lowest BCUT2D eigenvalue weighted by Crippen LogP contribution is -2.63. The van der Waals surface area contributed by atoms with Crippen LogP contribution < -0.4 is 16.0 Å². The minimum absolute atomic E-state index is 0.134. The van der Waals surface area contributed by atoms with E-state index in [0.717, 1.165) is 12.8 Å². The van der Waals surface area contributed by atoms with E-state index in [0.29, 0.717) is 13.3 Å². The maximum absolute atomic E-state index is 13.6. The Bertz CT molecular complexity index is 908. The van der Waals surface area contributed by atoms with Gasteiger partial charge in [0, 0.05) is 19.0 Å². The van der Waals surface area contributed by atoms with Gasteiger partial charge >= 0.3 is 6.09 Å². The summed E-state index contributed by atoms with van der Waals surface area (Å²) in [6.45, 7) is 9.72. The third-order valence-corrected chi connectivity index (χ3v) is 6.68. The highest BCUT2D eigenvalue weighted by Crippen LogP contribution is 2.34. The number of halogens is 2. The van der Waals surface area contributed by atoms with Crippen LogP contribution in [0.5, 0.6) is 0 Å². The Labute approximate surface area is 216 Å². The zero-order valence-corrected chi connectivity index (χ0v) is 22.5. The molecule has 4 amide bonds. The van der Waals surface area contributed by atoms with E-state index >= 15 is 0 Å². The Kier molecular flexibility index (Phi) is 9.30. The van der Waals surface area contributed by atoms with Gasteiger partial charge in [0.05, 0.1) is 6.04 Å². The van der Waals surface area contributed by atoms with Crippen molar-refractivity contribution in [3.8, 4) is 0 Å². The van der Waals surface area contributed by atoms with E-state index in [1.807, 2.05) is 13.8 Å². The average molecular weight is 531 g/mol. The molecular formula is C25H40F2N4O6. The van der Waals surface area contributed by atoms with E-state index in [1.165, 1.54) is 4.90 Å². The number of amides is 4. The topological polar surface area (TPSA) is 145 Å². The van der Waals surface area contributed by atoms with Gasteiger partial charge in [-0.3, -0.25) is 19.2 Å². The van der Waals surface area contributed by atoms with Gasteiger partial charge in [-0.25, -0.2) is 13.6 Å². The third kappa shape index (κ3) is 9.23. The maximum atomic E-state index is 13.6. The second-order valence-corrected chi connectivity index (χ2v) is 12.2. The lowest BCUT2D eigenvalue weighted by atomic mass is 9.79. The van der Waals surface area contributed by atoms with Crippen molar-refractivity contribution in [1.29, 1.82) is 0 Å². The fourth-order valence-electron chi connectivity index (χ4n) is 4.35. The standard InChI is InChI=1S/C25H40F2N4O6/c1-23(2,3)18(30-22(36)37)21(35)31-13-24(4,5)11-10-16(31)19(33)29-15(9-12-25(6,26)27)17(32)20(34)28-14-7-8-14/h14-16,18,30H,7-13H2,1-6H3,(H,28,34)(H,29,33)(H,36,37)/t15?,16-,18?/m1/s1. The third-order valence-electron chi connectivity index (χ3n) is 6.68. The van der Waals surface area contributed by atoms with Gasteiger partial charge in [-0.05, 0) is 49.9 Å². The van der Waals surface area contributed by atoms with Gasteiger partial charge in [0.15, 0.2) is 0 Å². The number of nitrogens with one attached hydrogen (secondary N) is 3. The zero-order valence-electron chi connectivity index (χ0n) is 22.5. The molecule has 2 aliphatic rings. The van der Waals surface area contributed by atoms with Crippen LogP contribution in [0.4, 0.5) is 13.6 Å². The molecule has 1 aliphatic carbocycles. The summed E-state index contributed by atoms with van der Waals surface area (Å²) < 4.78 is 27.2. The molecule has 3 atom stereocenters. The molecule has 37 heavy (non-hydrogen) atoms. The summed E-state index contributed by atoms with van der Waals surface area (Å²) in [7, 11) is 0. The Balaban J connectivity index is 2.30. The van der Waals surface area contributed by atoms with E-state index in [9.17, 15) is 37.9 Å². The minimum Gasteiger partial charge on any atom is -0.465 e. The van der Waals surface area contributed by atoms with Gasteiger partial charge < -0.3 is 26.0 Å². The Hall–Kier alpha value is -2.79. The molecule has 1 saturated heterocycles. The van der Waals surface area contributed by atoms with Gasteiger partial charge in [0.1, 0.15) is 12.1 Å². The Morgan fingerprint density at radius 1 is 1.03 bits per heavy atom. The Morgan fingerprint density at radius 2 is 1.62 bits per heavy atom. The van der Waals surface area contributed by atoms with Gasteiger partial charge in [-0.15, -0.1) is 0 Å². The molecule has 0 aromatic carbocycles. The first-order chi connectivity index (χ1) is 16.8. The van der Waals surface area contributed by atoms with Crippen molar-refractivity contribution in [3.63, 3.8) is 0 Å². The molecular weight excluding hydrogens is 490 g/mol. The molecule has 210 valence electrons. The molecule has 0 aromatic heterocycles. The van der Waals surface area contributed by atoms with Crippen LogP contribution in [0.2, 0.25) is 0 Å². The van der Waals surface area contributed by atoms with Gasteiger partial charge in [-0.1, -0.05) is 34.6 Å². The summed E-state index contributed by atoms with van der Waals surface area (Å²) in [6.07, 6.45) is -0.366. The molecule has 2 unspecified atom stereocenters. The molecule has 4 N–H and O–H groups in total. The lowest BCUT2D eigenvalue weighted by molar-refractivity contribution is -0.150. The largest absolute Gasteiger partial charge is 0.465 e. The normalized spacial score (nSPS) is 21.4. The summed E-state index contributed by atoms with van der Waals surface area (Å²) >= 11 is 0. The first-order valence-electron chi connectivity index (χ1n) is 12.6. The number of carboxylic acid groups (broad SMARTS) is 1. The second-order valence-electron chi connectivity index (χ2n) is 12.2. The van der Waals surface area contributed by atoms with Crippen molar-refractivity contribution >= 4 is 29.6 Å². The molecule has 0 spiro atoms. The summed E-state index contributed by atoms with van der Waals surface area (Å²) in [5.74, 6) is -6.42. The van der Waals surface area contributed by atoms with Crippen LogP contribution in [0.25, 0.3) is 0 Å². The predicted molar refractivity (Wildman–Crippen MR) is 131 cm³/mol. The van der Waals surface area contributed by atoms with Crippen LogP contribution in [0.1, 0.15) is 80.1 Å². The molecule has 0 radical (unpaired) electrons. The number of likely N-dealkylation sites (tertiary alicyclic amines) is 1. The molecule has 2 fully saturated rings. The molecule has 0 bridgehead atoms. The highest BCUT2D eigenvalue weighted by molar-refractivity contribution is 6.38. The maximum Gasteiger partial charge on any atom is 0.405 e. The van der Waals surface area contributed by atoms with Crippen molar-refractivity contribution < 1.29 is 37.9 Å². The lowest BCUT2D eigenvalue weighted by Gasteiger charge is -2.45. The quantitative estimate of drug-likeness (QED) is 0.319. The van der Waals surface area contributed by atoms with Crippen LogP contribution in [0.15, 0.2) is 0 Å². The SMILES string of the molecule is CC(F)(F)CCC(NC(=O)[C@H]1CCC(C)(C)CN1C(=O)C(NC(=O)O)C(C)(C)C)C(=O)C(=O)NC1CC1. The van der Waals surface area contributed by atoms with Crippen molar-refractivity contribution in [2.45, 2.75) is 110 Å². The Morgan fingerprint density at radius 3 is 2.11 bits per heavy atom. The smallest absolute Gasteiger partial charge is 0.405 e. The number of carbonyl (C=O) groups excluding carboxylic acids is 4. The van der Waals surface area contributed by atoms with Crippen molar-refractivity contribution in [3.05, 3.63) is 0 Å². The zero-order chi connectivity index (χ0) is 28.3. The number of piperidine rings is 1. The number of hydrogen-bond acceptors (Lipinski definition) is 5. The predicted octanol–water partition coefficient (Wildman–Crippen LogP) is 2.45. The van der Waals surface area contributed by atoms with E-state index in [4.69, 9.17) is 0 Å². The number of ketones is 1. The molecule has 2 rings (SSSR count). The van der Waals surface area contributed by atoms with E-state index in [2.05, 4.69) is 16.0 Å². The van der Waals surface area contributed by atoms with E-state index in [-0.39, 0.29) is 24.4 Å². The molecule has 10 nitrogen and oxygen atoms in total. The van der Waals surface area contributed by atoms with Crippen LogP contribution >= 0.6 is 0 Å². The van der Waals surface area contributed by atoms with Crippen LogP contribution in [-0.2, 0) is 19.2 Å². The van der Waals surface area contributed by atoms with Crippen LogP contribution in [0.3, 0.4) is 0 Å². The molecule has 0 aromatic rings. The van der Waals surface area contributed by atoms with Gasteiger partial charge in [0.25, 0.3) is 5.91 Å². The summed E-state index contributed by atoms with van der Waals surface area (Å²) in [5, 5.41) is 16.5. The molecule has 12 heteroatoms. The summed E-state index contributed by atoms with van der Waals surface area (Å²) in [6, 6.07) is -3.84. The van der Waals surface area contributed by atoms with Crippen LogP contribution in [-0.4, -0.2) is 76.2 Å². The number of hydrogen-bond donors (Lipinski definition) is 4. The molecule has 1 aliphatic heterocycles. The van der Waals surface area contributed by atoms with E-state index in [1.54, 1.807) is 20.8 Å². The number of alkyl halides is 2. The van der Waals surface area contributed by atoms with Crippen LogP contribution in [0, 0.1) is 10.8 Å². The van der Waals surface area contributed by atoms with Crippen molar-refractivity contribution in [2.75, 3.05) is 6.54 Å². The van der Waals surface area contributed by atoms with Gasteiger partial charge in [-0.2, -0.15) is 0 Å². The van der Waals surface area contributed by atoms with Gasteiger partial charge in [0.2, 0.25) is 23.5 Å². The summed E-state index contributed by atoms with van der Waals surface area (Å²) in [4.78, 5) is 64.8. The molecule has 1 saturated carbocycles. The van der Waals surface area contributed by atoms with Crippen molar-refractivity contribution in [2.24, 2.45) is 10.8 Å². The van der Waals surface area contributed by atoms with E-state index < -0.39 is 71.9 Å². The average Bonchev–Trinajstić information content (AvgIpc) is 3.55. The second kappa shape index (κ2) is 11.3. The highest BCUT2D eigenvalue weighted by atomic mass is 19.3. The fraction of sp³-hybridized carbons (Fsp3) is 0.800. The monoisotopic (exact) mass is 530 g/mol. The first-order valence-corrected chi connectivity index (χ1v) is 12.6. The number of rotatable bonds is 10. The molecule has 1 heterocycles.